The summed E-state index contributed by atoms with van der Waals surface area (Å²) in [5, 5.41) is 1.23. The van der Waals surface area contributed by atoms with Crippen molar-refractivity contribution in [2.75, 3.05) is 6.54 Å². The summed E-state index contributed by atoms with van der Waals surface area (Å²) in [6.07, 6.45) is 4.74. The molecule has 2 N–H and O–H groups in total. The molecule has 3 heteroatoms. The molecule has 0 bridgehead atoms. The standard InChI is InChI=1S/C11H18N2S/c1-11(2)6-3-4-8-10(11)13-9(14-8)5-7-12/h3-7,12H2,1-2H3. The third kappa shape index (κ3) is 1.71. The summed E-state index contributed by atoms with van der Waals surface area (Å²) < 4.78 is 0. The highest BCUT2D eigenvalue weighted by atomic mass is 32.1. The van der Waals surface area contributed by atoms with Crippen molar-refractivity contribution >= 4 is 11.3 Å². The number of hydrogen-bond acceptors (Lipinski definition) is 3. The van der Waals surface area contributed by atoms with Crippen LogP contribution in [0.3, 0.4) is 0 Å². The van der Waals surface area contributed by atoms with Gasteiger partial charge in [-0.1, -0.05) is 13.8 Å². The van der Waals surface area contributed by atoms with Crippen molar-refractivity contribution in [3.63, 3.8) is 0 Å². The summed E-state index contributed by atoms with van der Waals surface area (Å²) in [6.45, 7) is 5.32. The van der Waals surface area contributed by atoms with Gasteiger partial charge in [0.2, 0.25) is 0 Å². The molecule has 0 saturated carbocycles. The summed E-state index contributed by atoms with van der Waals surface area (Å²) in [7, 11) is 0. The lowest BCUT2D eigenvalue weighted by atomic mass is 9.79. The Balaban J connectivity index is 2.34. The molecule has 0 saturated heterocycles. The van der Waals surface area contributed by atoms with Crippen LogP contribution < -0.4 is 5.73 Å². The molecule has 0 aliphatic heterocycles. The number of nitrogens with zero attached hydrogens (tertiary/aromatic N) is 1. The predicted octanol–water partition coefficient (Wildman–Crippen LogP) is 2.26. The highest BCUT2D eigenvalue weighted by Gasteiger charge is 2.30. The van der Waals surface area contributed by atoms with Crippen molar-refractivity contribution in [1.29, 1.82) is 0 Å². The molecule has 1 aliphatic carbocycles. The lowest BCUT2D eigenvalue weighted by Crippen LogP contribution is -2.23. The van der Waals surface area contributed by atoms with E-state index < -0.39 is 0 Å². The minimum absolute atomic E-state index is 0.289. The van der Waals surface area contributed by atoms with Gasteiger partial charge >= 0.3 is 0 Å². The first kappa shape index (κ1) is 10.1. The predicted molar refractivity (Wildman–Crippen MR) is 60.8 cm³/mol. The molecule has 0 fully saturated rings. The summed E-state index contributed by atoms with van der Waals surface area (Å²) in [4.78, 5) is 6.24. The van der Waals surface area contributed by atoms with Crippen LogP contribution in [0.25, 0.3) is 0 Å². The van der Waals surface area contributed by atoms with Crippen molar-refractivity contribution < 1.29 is 0 Å². The Bertz CT molecular complexity index is 328. The second kappa shape index (κ2) is 3.63. The second-order valence-corrected chi connectivity index (χ2v) is 5.82. The fourth-order valence-electron chi connectivity index (χ4n) is 2.14. The Hall–Kier alpha value is -0.410. The van der Waals surface area contributed by atoms with Crippen LogP contribution in [-0.4, -0.2) is 11.5 Å². The zero-order chi connectivity index (χ0) is 10.2. The number of nitrogens with two attached hydrogens (primary N) is 1. The highest BCUT2D eigenvalue weighted by molar-refractivity contribution is 7.11. The van der Waals surface area contributed by atoms with Crippen LogP contribution in [0.4, 0.5) is 0 Å². The second-order valence-electron chi connectivity index (χ2n) is 4.66. The van der Waals surface area contributed by atoms with E-state index in [1.165, 1.54) is 34.8 Å². The van der Waals surface area contributed by atoms with Gasteiger partial charge in [-0.2, -0.15) is 0 Å². The lowest BCUT2D eigenvalue weighted by molar-refractivity contribution is 0.423. The van der Waals surface area contributed by atoms with E-state index in [0.717, 1.165) is 6.42 Å². The van der Waals surface area contributed by atoms with Crippen LogP contribution in [0.2, 0.25) is 0 Å². The van der Waals surface area contributed by atoms with Gasteiger partial charge in [-0.05, 0) is 25.8 Å². The number of fused-ring (bicyclic) bond motifs is 1. The Morgan fingerprint density at radius 3 is 2.93 bits per heavy atom. The van der Waals surface area contributed by atoms with Crippen LogP contribution in [0.1, 0.15) is 42.3 Å². The smallest absolute Gasteiger partial charge is 0.0943 e. The molecule has 1 aromatic rings. The van der Waals surface area contributed by atoms with E-state index in [1.54, 1.807) is 0 Å². The van der Waals surface area contributed by atoms with E-state index in [2.05, 4.69) is 13.8 Å². The topological polar surface area (TPSA) is 38.9 Å². The monoisotopic (exact) mass is 210 g/mol. The lowest BCUT2D eigenvalue weighted by Gasteiger charge is -2.28. The molecule has 2 rings (SSSR count). The van der Waals surface area contributed by atoms with Gasteiger partial charge in [-0.25, -0.2) is 4.98 Å². The molecule has 0 aromatic carbocycles. The van der Waals surface area contributed by atoms with E-state index >= 15 is 0 Å². The number of thiazole rings is 1. The molecular formula is C11H18N2S. The summed E-state index contributed by atoms with van der Waals surface area (Å²) in [5.41, 5.74) is 7.19. The summed E-state index contributed by atoms with van der Waals surface area (Å²) in [5.74, 6) is 0. The molecule has 0 unspecified atom stereocenters. The van der Waals surface area contributed by atoms with E-state index in [1.807, 2.05) is 11.3 Å². The molecule has 2 nitrogen and oxygen atoms in total. The van der Waals surface area contributed by atoms with Gasteiger partial charge in [-0.15, -0.1) is 11.3 Å². The van der Waals surface area contributed by atoms with Crippen molar-refractivity contribution in [3.8, 4) is 0 Å². The maximum atomic E-state index is 5.55. The van der Waals surface area contributed by atoms with Gasteiger partial charge in [-0.3, -0.25) is 0 Å². The molecule has 1 aromatic heterocycles. The van der Waals surface area contributed by atoms with Crippen molar-refractivity contribution in [1.82, 2.24) is 4.98 Å². The molecule has 0 amide bonds. The summed E-state index contributed by atoms with van der Waals surface area (Å²) in [6, 6.07) is 0. The van der Waals surface area contributed by atoms with Crippen molar-refractivity contribution in [2.24, 2.45) is 5.73 Å². The molecule has 0 atom stereocenters. The maximum Gasteiger partial charge on any atom is 0.0943 e. The first-order chi connectivity index (χ1) is 6.63. The van der Waals surface area contributed by atoms with E-state index in [0.29, 0.717) is 6.54 Å². The zero-order valence-electron chi connectivity index (χ0n) is 8.97. The van der Waals surface area contributed by atoms with Crippen molar-refractivity contribution in [2.45, 2.75) is 44.9 Å². The van der Waals surface area contributed by atoms with E-state index in [9.17, 15) is 0 Å². The minimum Gasteiger partial charge on any atom is -0.330 e. The first-order valence-corrected chi connectivity index (χ1v) is 6.14. The van der Waals surface area contributed by atoms with Crippen LogP contribution in [0, 0.1) is 0 Å². The van der Waals surface area contributed by atoms with Crippen molar-refractivity contribution in [3.05, 3.63) is 15.6 Å². The highest BCUT2D eigenvalue weighted by Crippen LogP contribution is 2.38. The number of hydrogen-bond donors (Lipinski definition) is 1. The van der Waals surface area contributed by atoms with Gasteiger partial charge in [0.05, 0.1) is 10.7 Å². The fraction of sp³-hybridized carbons (Fsp3) is 0.727. The third-order valence-electron chi connectivity index (χ3n) is 2.95. The maximum absolute atomic E-state index is 5.55. The molecule has 0 radical (unpaired) electrons. The molecule has 1 heterocycles. The Labute approximate surface area is 89.5 Å². The largest absolute Gasteiger partial charge is 0.330 e. The zero-order valence-corrected chi connectivity index (χ0v) is 9.78. The van der Waals surface area contributed by atoms with Crippen LogP contribution in [-0.2, 0) is 18.3 Å². The van der Waals surface area contributed by atoms with Gasteiger partial charge in [0.25, 0.3) is 0 Å². The average molecular weight is 210 g/mol. The normalized spacial score (nSPS) is 19.4. The van der Waals surface area contributed by atoms with E-state index in [4.69, 9.17) is 10.7 Å². The number of rotatable bonds is 2. The van der Waals surface area contributed by atoms with E-state index in [-0.39, 0.29) is 5.41 Å². The van der Waals surface area contributed by atoms with Crippen LogP contribution in [0.15, 0.2) is 0 Å². The first-order valence-electron chi connectivity index (χ1n) is 5.32. The van der Waals surface area contributed by atoms with Gasteiger partial charge in [0.15, 0.2) is 0 Å². The average Bonchev–Trinajstić information content (AvgIpc) is 2.49. The fourth-order valence-corrected chi connectivity index (χ4v) is 3.44. The molecule has 0 spiro atoms. The minimum atomic E-state index is 0.289. The van der Waals surface area contributed by atoms with Gasteiger partial charge in [0.1, 0.15) is 0 Å². The molecule has 78 valence electrons. The number of aromatic nitrogens is 1. The molecular weight excluding hydrogens is 192 g/mol. The van der Waals surface area contributed by atoms with Gasteiger partial charge < -0.3 is 5.73 Å². The van der Waals surface area contributed by atoms with Crippen LogP contribution in [0.5, 0.6) is 0 Å². The molecule has 1 aliphatic rings. The van der Waals surface area contributed by atoms with Crippen LogP contribution >= 0.6 is 11.3 Å². The van der Waals surface area contributed by atoms with Gasteiger partial charge in [0, 0.05) is 16.7 Å². The number of aryl methyl sites for hydroxylation is 1. The summed E-state index contributed by atoms with van der Waals surface area (Å²) >= 11 is 1.87. The Kier molecular flexibility index (Phi) is 2.62. The SMILES string of the molecule is CC1(C)CCCc2sc(CCN)nc21. The molecule has 14 heavy (non-hydrogen) atoms. The quantitative estimate of drug-likeness (QED) is 0.813. The Morgan fingerprint density at radius 2 is 2.29 bits per heavy atom. The Morgan fingerprint density at radius 1 is 1.50 bits per heavy atom. The third-order valence-corrected chi connectivity index (χ3v) is 4.12.